The maximum Gasteiger partial charge on any atom is 0.187 e. The van der Waals surface area contributed by atoms with Crippen LogP contribution in [-0.4, -0.2) is 97.0 Å². The molecule has 45 heavy (non-hydrogen) atoms. The molecule has 260 valence electrons. The first-order valence-electron chi connectivity index (χ1n) is 17.4. The first-order chi connectivity index (χ1) is 20.8. The largest absolute Gasteiger partial charge is 0.394 e. The van der Waals surface area contributed by atoms with Crippen LogP contribution >= 0.6 is 0 Å². The zero-order chi connectivity index (χ0) is 33.5. The molecule has 4 aliphatic carbocycles. The van der Waals surface area contributed by atoms with E-state index in [9.17, 15) is 35.7 Å². The predicted molar refractivity (Wildman–Crippen MR) is 170 cm³/mol. The van der Waals surface area contributed by atoms with E-state index in [1.54, 1.807) is 0 Å². The molecule has 0 amide bonds. The van der Waals surface area contributed by atoms with Gasteiger partial charge in [0.25, 0.3) is 0 Å². The lowest BCUT2D eigenvalue weighted by Crippen LogP contribution is -2.70. The zero-order valence-corrected chi connectivity index (χ0v) is 28.8. The summed E-state index contributed by atoms with van der Waals surface area (Å²) in [6, 6.07) is 0. The maximum atomic E-state index is 12.2. The van der Waals surface area contributed by atoms with Crippen LogP contribution in [-0.2, 0) is 9.47 Å². The number of hydrogen-bond acceptors (Lipinski definition) is 9. The predicted octanol–water partition coefficient (Wildman–Crippen LogP) is 3.30. The van der Waals surface area contributed by atoms with Crippen LogP contribution < -0.4 is 0 Å². The molecule has 7 N–H and O–H groups in total. The van der Waals surface area contributed by atoms with Gasteiger partial charge in [0, 0.05) is 0 Å². The summed E-state index contributed by atoms with van der Waals surface area (Å²) >= 11 is 0. The Morgan fingerprint density at radius 3 is 2.18 bits per heavy atom. The van der Waals surface area contributed by atoms with Crippen molar-refractivity contribution in [1.29, 1.82) is 0 Å². The van der Waals surface area contributed by atoms with Crippen LogP contribution in [0.4, 0.5) is 0 Å². The molecule has 0 aromatic rings. The van der Waals surface area contributed by atoms with Crippen LogP contribution in [0.3, 0.4) is 0 Å². The minimum absolute atomic E-state index is 0.0692. The van der Waals surface area contributed by atoms with Crippen molar-refractivity contribution in [3.63, 3.8) is 0 Å². The fourth-order valence-electron chi connectivity index (χ4n) is 12.0. The summed E-state index contributed by atoms with van der Waals surface area (Å²) in [6.07, 6.45) is -0.678. The zero-order valence-electron chi connectivity index (χ0n) is 28.8. The Morgan fingerprint density at radius 1 is 0.889 bits per heavy atom. The second-order valence-electron chi connectivity index (χ2n) is 17.4. The monoisotopic (exact) mass is 638 g/mol. The second kappa shape index (κ2) is 12.1. The van der Waals surface area contributed by atoms with Gasteiger partial charge in [-0.3, -0.25) is 0 Å². The van der Waals surface area contributed by atoms with Crippen molar-refractivity contribution in [1.82, 2.24) is 0 Å². The van der Waals surface area contributed by atoms with E-state index in [4.69, 9.17) is 9.47 Å². The molecule has 5 fully saturated rings. The van der Waals surface area contributed by atoms with Crippen molar-refractivity contribution in [2.45, 2.75) is 161 Å². The summed E-state index contributed by atoms with van der Waals surface area (Å²) in [5.41, 5.74) is -0.944. The van der Waals surface area contributed by atoms with E-state index in [1.807, 2.05) is 20.8 Å². The lowest BCUT2D eigenvalue weighted by atomic mass is 9.34. The van der Waals surface area contributed by atoms with Crippen LogP contribution in [0.5, 0.6) is 0 Å². The molecule has 0 aromatic heterocycles. The molecule has 1 saturated heterocycles. The number of rotatable bonds is 7. The Morgan fingerprint density at radius 2 is 1.56 bits per heavy atom. The molecule has 0 unspecified atom stereocenters. The van der Waals surface area contributed by atoms with E-state index in [1.165, 1.54) is 5.57 Å². The molecule has 0 spiro atoms. The lowest BCUT2D eigenvalue weighted by Gasteiger charge is -2.71. The third-order valence-corrected chi connectivity index (χ3v) is 14.5. The molecule has 5 aliphatic rings. The molecular weight excluding hydrogens is 576 g/mol. The van der Waals surface area contributed by atoms with Crippen molar-refractivity contribution in [2.24, 2.45) is 45.3 Å². The van der Waals surface area contributed by atoms with Gasteiger partial charge >= 0.3 is 0 Å². The standard InChI is InChI=1S/C36H62O9/c1-19(2)10-9-13-36(8,45-31-29(43)28(42)27(41)23(18-37)44-31)20-11-15-34(6)26(20)21(38)16-24-33(5)14-12-25(40)32(3,4)30(33)22(39)17-35(24,34)7/h10,20-31,37-43H,9,11-18H2,1-8H3/t20-,21+,22-,23+,24+,25-,26-,27+,28-,29+,30-,31-,33+,34+,35+,36+/m0/s1. The summed E-state index contributed by atoms with van der Waals surface area (Å²) in [5, 5.41) is 76.9. The number of ether oxygens (including phenoxy) is 2. The molecule has 5 rings (SSSR count). The van der Waals surface area contributed by atoms with Gasteiger partial charge in [-0.2, -0.15) is 0 Å². The molecule has 4 saturated carbocycles. The van der Waals surface area contributed by atoms with Crippen LogP contribution in [0, 0.1) is 45.3 Å². The molecule has 9 heteroatoms. The van der Waals surface area contributed by atoms with Gasteiger partial charge in [0.2, 0.25) is 0 Å². The van der Waals surface area contributed by atoms with Crippen LogP contribution in [0.2, 0.25) is 0 Å². The molecule has 0 aromatic carbocycles. The minimum atomic E-state index is -1.53. The Balaban J connectivity index is 1.51. The summed E-state index contributed by atoms with van der Waals surface area (Å²) in [4.78, 5) is 0. The highest BCUT2D eigenvalue weighted by molar-refractivity contribution is 5.21. The van der Waals surface area contributed by atoms with E-state index < -0.39 is 66.6 Å². The minimum Gasteiger partial charge on any atom is -0.394 e. The molecule has 1 heterocycles. The van der Waals surface area contributed by atoms with Crippen LogP contribution in [0.15, 0.2) is 11.6 Å². The number of aliphatic hydroxyl groups excluding tert-OH is 7. The van der Waals surface area contributed by atoms with Crippen molar-refractivity contribution in [3.8, 4) is 0 Å². The Labute approximate surface area is 270 Å². The third kappa shape index (κ3) is 5.39. The highest BCUT2D eigenvalue weighted by Crippen LogP contribution is 2.76. The van der Waals surface area contributed by atoms with E-state index >= 15 is 0 Å². The molecular formula is C36H62O9. The summed E-state index contributed by atoms with van der Waals surface area (Å²) in [6.45, 7) is 16.7. The van der Waals surface area contributed by atoms with Crippen molar-refractivity contribution in [3.05, 3.63) is 11.6 Å². The van der Waals surface area contributed by atoms with Crippen LogP contribution in [0.25, 0.3) is 0 Å². The van der Waals surface area contributed by atoms with Gasteiger partial charge in [-0.05, 0) is 117 Å². The normalized spacial score (nSPS) is 52.2. The molecule has 0 bridgehead atoms. The van der Waals surface area contributed by atoms with E-state index in [0.29, 0.717) is 32.1 Å². The van der Waals surface area contributed by atoms with Gasteiger partial charge in [-0.25, -0.2) is 0 Å². The van der Waals surface area contributed by atoms with Crippen molar-refractivity contribution >= 4 is 0 Å². The van der Waals surface area contributed by atoms with Gasteiger partial charge < -0.3 is 45.2 Å². The van der Waals surface area contributed by atoms with Gasteiger partial charge in [0.05, 0.1) is 30.5 Å². The summed E-state index contributed by atoms with van der Waals surface area (Å²) in [7, 11) is 0. The van der Waals surface area contributed by atoms with Gasteiger partial charge in [-0.15, -0.1) is 0 Å². The fraction of sp³-hybridized carbons (Fsp3) is 0.944. The average molecular weight is 639 g/mol. The second-order valence-corrected chi connectivity index (χ2v) is 17.4. The Kier molecular flexibility index (Phi) is 9.56. The van der Waals surface area contributed by atoms with E-state index in [-0.39, 0.29) is 39.9 Å². The highest BCUT2D eigenvalue weighted by Gasteiger charge is 2.73. The first kappa shape index (κ1) is 35.7. The molecule has 1 aliphatic heterocycles. The van der Waals surface area contributed by atoms with Gasteiger partial charge in [0.15, 0.2) is 6.29 Å². The number of fused-ring (bicyclic) bond motifs is 5. The quantitative estimate of drug-likeness (QED) is 0.208. The Bertz CT molecular complexity index is 1110. The van der Waals surface area contributed by atoms with Gasteiger partial charge in [0.1, 0.15) is 24.4 Å². The van der Waals surface area contributed by atoms with Crippen molar-refractivity contribution < 1.29 is 45.2 Å². The van der Waals surface area contributed by atoms with Crippen molar-refractivity contribution in [2.75, 3.05) is 6.61 Å². The summed E-state index contributed by atoms with van der Waals surface area (Å²) < 4.78 is 12.6. The van der Waals surface area contributed by atoms with Gasteiger partial charge in [-0.1, -0.05) is 46.3 Å². The first-order valence-corrected chi connectivity index (χ1v) is 17.4. The molecule has 16 atom stereocenters. The van der Waals surface area contributed by atoms with E-state index in [0.717, 1.165) is 19.3 Å². The third-order valence-electron chi connectivity index (χ3n) is 14.5. The maximum absolute atomic E-state index is 12.2. The SMILES string of the molecule is CC(C)=CCC[C@@](C)(O[C@@H]1O[C@H](CO)[C@@H](O)[C@H](O)[C@H]1O)[C@H]1CC[C@]2(C)[C@@H]1[C@H](O)C[C@@H]1[C@@]3(C)CC[C@H](O)C(C)(C)[C@@H]3[C@@H](O)C[C@]12C. The highest BCUT2D eigenvalue weighted by atomic mass is 16.7. The van der Waals surface area contributed by atoms with Crippen LogP contribution in [0.1, 0.15) is 107 Å². The topological polar surface area (TPSA) is 160 Å². The van der Waals surface area contributed by atoms with E-state index in [2.05, 4.69) is 40.7 Å². The number of allylic oxidation sites excluding steroid dienone is 2. The number of hydrogen-bond donors (Lipinski definition) is 7. The smallest absolute Gasteiger partial charge is 0.187 e. The Hall–Kier alpha value is -0.620. The number of aliphatic hydroxyl groups is 7. The molecule has 9 nitrogen and oxygen atoms in total. The average Bonchev–Trinajstić information content (AvgIpc) is 3.33. The molecule has 0 radical (unpaired) electrons. The fourth-order valence-corrected chi connectivity index (χ4v) is 12.0. The lowest BCUT2D eigenvalue weighted by molar-refractivity contribution is -0.336. The summed E-state index contributed by atoms with van der Waals surface area (Å²) in [5.74, 6) is -0.154.